The minimum atomic E-state index is -0.0217. The van der Waals surface area contributed by atoms with Gasteiger partial charge in [-0.25, -0.2) is 0 Å². The van der Waals surface area contributed by atoms with E-state index in [4.69, 9.17) is 10.5 Å². The van der Waals surface area contributed by atoms with Crippen LogP contribution in [0.4, 0.5) is 0 Å². The van der Waals surface area contributed by atoms with Crippen molar-refractivity contribution in [3.8, 4) is 0 Å². The van der Waals surface area contributed by atoms with E-state index in [-0.39, 0.29) is 5.72 Å². The highest BCUT2D eigenvalue weighted by atomic mass is 16.5. The molecule has 6 rings (SSSR count). The van der Waals surface area contributed by atoms with E-state index in [1.807, 2.05) is 0 Å². The number of hydrogen-bond donors (Lipinski definition) is 3. The second-order valence-electron chi connectivity index (χ2n) is 15.5. The average molecular weight is 514 g/mol. The van der Waals surface area contributed by atoms with E-state index in [1.165, 1.54) is 96.4 Å². The molecule has 0 amide bonds. The second kappa shape index (κ2) is 10.3. The zero-order valence-electron chi connectivity index (χ0n) is 24.7. The topological polar surface area (TPSA) is 59.3 Å². The summed E-state index contributed by atoms with van der Waals surface area (Å²) in [7, 11) is 0. The molecule has 0 aromatic rings. The van der Waals surface area contributed by atoms with Crippen molar-refractivity contribution in [2.45, 2.75) is 135 Å². The molecule has 6 aliphatic rings. The van der Waals surface area contributed by atoms with Crippen molar-refractivity contribution in [1.82, 2.24) is 10.6 Å². The summed E-state index contributed by atoms with van der Waals surface area (Å²) < 4.78 is 7.10. The Kier molecular flexibility index (Phi) is 7.56. The predicted octanol–water partition coefficient (Wildman–Crippen LogP) is 6.48. The van der Waals surface area contributed by atoms with Gasteiger partial charge in [0.05, 0.1) is 6.10 Å². The fourth-order valence-electron chi connectivity index (χ4n) is 11.6. The summed E-state index contributed by atoms with van der Waals surface area (Å²) in [4.78, 5) is 0. The highest BCUT2D eigenvalue weighted by Gasteiger charge is 2.68. The summed E-state index contributed by atoms with van der Waals surface area (Å²) in [5, 5.41) is 7.91. The monoisotopic (exact) mass is 513 g/mol. The van der Waals surface area contributed by atoms with Crippen LogP contribution in [-0.2, 0) is 4.74 Å². The van der Waals surface area contributed by atoms with Crippen LogP contribution in [0.3, 0.4) is 0 Å². The van der Waals surface area contributed by atoms with Crippen LogP contribution >= 0.6 is 0 Å². The van der Waals surface area contributed by atoms with Crippen molar-refractivity contribution in [2.75, 3.05) is 19.6 Å². The molecule has 2 aliphatic heterocycles. The molecule has 4 aliphatic carbocycles. The SMILES string of the molecule is C[C@H]1CC[C@]2(NC1)O[C@H]1C[C@H]3[C@@H]4CC[C@H]5CC(NCCCCCCN)CC[C@]5(C)[C@H]4CC[C@]3(C)[C@H]1[C@@H]2C. The van der Waals surface area contributed by atoms with Crippen LogP contribution in [0.15, 0.2) is 0 Å². The fraction of sp³-hybridized carbons (Fsp3) is 1.00. The first-order chi connectivity index (χ1) is 17.8. The Labute approximate surface area is 228 Å². The minimum absolute atomic E-state index is 0.0217. The lowest BCUT2D eigenvalue weighted by molar-refractivity contribution is -0.134. The van der Waals surface area contributed by atoms with Crippen molar-refractivity contribution >= 4 is 0 Å². The summed E-state index contributed by atoms with van der Waals surface area (Å²) in [6.07, 6.45) is 19.7. The van der Waals surface area contributed by atoms with Gasteiger partial charge in [-0.15, -0.1) is 0 Å². The number of ether oxygens (including phenoxy) is 1. The Morgan fingerprint density at radius 1 is 0.865 bits per heavy atom. The maximum atomic E-state index is 7.10. The van der Waals surface area contributed by atoms with E-state index < -0.39 is 0 Å². The van der Waals surface area contributed by atoms with Crippen LogP contribution in [-0.4, -0.2) is 37.5 Å². The molecule has 12 atom stereocenters. The van der Waals surface area contributed by atoms with Crippen molar-refractivity contribution in [2.24, 2.45) is 58.0 Å². The normalized spacial score (nSPS) is 52.9. The van der Waals surface area contributed by atoms with Crippen LogP contribution in [0.25, 0.3) is 0 Å². The molecule has 4 saturated carbocycles. The molecule has 37 heavy (non-hydrogen) atoms. The molecular weight excluding hydrogens is 454 g/mol. The molecule has 212 valence electrons. The maximum Gasteiger partial charge on any atom is 0.122 e. The minimum Gasteiger partial charge on any atom is -0.357 e. The van der Waals surface area contributed by atoms with E-state index in [0.29, 0.717) is 22.9 Å². The molecule has 6 fully saturated rings. The number of rotatable bonds is 7. The zero-order chi connectivity index (χ0) is 25.8. The third kappa shape index (κ3) is 4.47. The lowest BCUT2D eigenvalue weighted by atomic mass is 9.44. The molecule has 1 spiro atoms. The number of piperidine rings is 1. The average Bonchev–Trinajstić information content (AvgIpc) is 3.33. The first-order valence-corrected chi connectivity index (χ1v) is 16.7. The largest absolute Gasteiger partial charge is 0.357 e. The second-order valence-corrected chi connectivity index (χ2v) is 15.5. The quantitative estimate of drug-likeness (QED) is 0.341. The molecular formula is C33H59N3O. The Hall–Kier alpha value is -0.160. The van der Waals surface area contributed by atoms with Gasteiger partial charge in [-0.1, -0.05) is 40.5 Å². The number of nitrogens with two attached hydrogens (primary N) is 1. The number of unbranched alkanes of at least 4 members (excludes halogenated alkanes) is 3. The molecule has 4 N–H and O–H groups in total. The summed E-state index contributed by atoms with van der Waals surface area (Å²) in [6, 6.07) is 0.764. The van der Waals surface area contributed by atoms with Gasteiger partial charge in [-0.3, -0.25) is 5.32 Å². The van der Waals surface area contributed by atoms with Crippen molar-refractivity contribution in [3.05, 3.63) is 0 Å². The van der Waals surface area contributed by atoms with E-state index in [9.17, 15) is 0 Å². The Balaban J connectivity index is 1.09. The molecule has 1 unspecified atom stereocenters. The molecule has 2 heterocycles. The fourth-order valence-corrected chi connectivity index (χ4v) is 11.6. The highest BCUT2D eigenvalue weighted by molar-refractivity contribution is 5.16. The van der Waals surface area contributed by atoms with Gasteiger partial charge in [0.15, 0.2) is 0 Å². The van der Waals surface area contributed by atoms with Crippen molar-refractivity contribution < 1.29 is 4.74 Å². The molecule has 0 bridgehead atoms. The van der Waals surface area contributed by atoms with E-state index >= 15 is 0 Å². The molecule has 0 radical (unpaired) electrons. The van der Waals surface area contributed by atoms with Gasteiger partial charge in [0.1, 0.15) is 5.72 Å². The van der Waals surface area contributed by atoms with Crippen LogP contribution in [0.1, 0.15) is 118 Å². The molecule has 0 aromatic carbocycles. The van der Waals surface area contributed by atoms with Gasteiger partial charge in [-0.2, -0.15) is 0 Å². The molecule has 0 aromatic heterocycles. The standard InChI is InChI=1S/C33H59N3O/c1-22-11-16-33(36-21-22)23(2)30-29(37-33)20-28-26-10-9-24-19-25(35-18-8-6-5-7-17-34)12-14-31(24,3)27(26)13-15-32(28,30)4/h22-30,35-36H,5-21,34H2,1-4H3/t22-,23-,24-,25?,26+,27-,28-,29-,30-,31-,32-,33-/m0/s1. The zero-order valence-corrected chi connectivity index (χ0v) is 24.7. The summed E-state index contributed by atoms with van der Waals surface area (Å²) in [6.45, 7) is 13.6. The number of nitrogens with one attached hydrogen (secondary N) is 2. The van der Waals surface area contributed by atoms with Crippen molar-refractivity contribution in [1.29, 1.82) is 0 Å². The predicted molar refractivity (Wildman–Crippen MR) is 153 cm³/mol. The highest BCUT2D eigenvalue weighted by Crippen LogP contribution is 2.71. The smallest absolute Gasteiger partial charge is 0.122 e. The van der Waals surface area contributed by atoms with Gasteiger partial charge >= 0.3 is 0 Å². The molecule has 2 saturated heterocycles. The van der Waals surface area contributed by atoms with Crippen LogP contribution in [0.2, 0.25) is 0 Å². The Morgan fingerprint density at radius 3 is 2.46 bits per heavy atom. The van der Waals surface area contributed by atoms with Crippen LogP contribution < -0.4 is 16.4 Å². The number of hydrogen-bond acceptors (Lipinski definition) is 4. The lowest BCUT2D eigenvalue weighted by Gasteiger charge is -2.61. The Bertz CT molecular complexity index is 794. The summed E-state index contributed by atoms with van der Waals surface area (Å²) >= 11 is 0. The van der Waals surface area contributed by atoms with Crippen LogP contribution in [0, 0.1) is 52.3 Å². The lowest BCUT2D eigenvalue weighted by Crippen LogP contribution is -2.58. The molecule has 4 heteroatoms. The summed E-state index contributed by atoms with van der Waals surface area (Å²) in [5.74, 6) is 5.94. The van der Waals surface area contributed by atoms with E-state index in [1.54, 1.807) is 0 Å². The van der Waals surface area contributed by atoms with Gasteiger partial charge in [0.2, 0.25) is 0 Å². The van der Waals surface area contributed by atoms with E-state index in [2.05, 4.69) is 38.3 Å². The number of fused-ring (bicyclic) bond motifs is 7. The van der Waals surface area contributed by atoms with Gasteiger partial charge in [0.25, 0.3) is 0 Å². The van der Waals surface area contributed by atoms with Crippen LogP contribution in [0.5, 0.6) is 0 Å². The first-order valence-electron chi connectivity index (χ1n) is 16.7. The van der Waals surface area contributed by atoms with Gasteiger partial charge in [-0.05, 0) is 136 Å². The third-order valence-corrected chi connectivity index (χ3v) is 13.7. The molecule has 4 nitrogen and oxygen atoms in total. The van der Waals surface area contributed by atoms with Gasteiger partial charge < -0.3 is 15.8 Å². The third-order valence-electron chi connectivity index (χ3n) is 13.7. The summed E-state index contributed by atoms with van der Waals surface area (Å²) in [5.41, 5.74) is 6.71. The van der Waals surface area contributed by atoms with Gasteiger partial charge in [0, 0.05) is 18.5 Å². The first kappa shape index (κ1) is 27.0. The van der Waals surface area contributed by atoms with E-state index in [0.717, 1.165) is 54.6 Å². The van der Waals surface area contributed by atoms with Crippen molar-refractivity contribution in [3.63, 3.8) is 0 Å². The maximum absolute atomic E-state index is 7.10. The Morgan fingerprint density at radius 2 is 1.68 bits per heavy atom.